The number of hydrogen-bond acceptors (Lipinski definition) is 1. The van der Waals surface area contributed by atoms with Gasteiger partial charge in [0, 0.05) is 11.1 Å². The fraction of sp³-hybridized carbons (Fsp3) is 0.0222. The molecule has 1 heterocycles. The van der Waals surface area contributed by atoms with Crippen LogP contribution in [0.3, 0.4) is 0 Å². The van der Waals surface area contributed by atoms with E-state index in [2.05, 4.69) is 182 Å². The standard InChI is InChI=1S/C45H30O/c1-4-15-31(16-5-1)39-29-32-17-10-11-22-36(32)38-24-14-23-37(44(38)39)33-27-28-41-43(30-33)46-42-26-13-12-25-40(42)45(41,34-18-6-2-7-19-34)35-20-8-3-9-21-35/h1-30H. The topological polar surface area (TPSA) is 9.23 Å². The number of hydrogen-bond donors (Lipinski definition) is 0. The average molecular weight is 587 g/mol. The Labute approximate surface area is 269 Å². The molecular formula is C45H30O. The smallest absolute Gasteiger partial charge is 0.132 e. The van der Waals surface area contributed by atoms with E-state index in [1.807, 2.05) is 0 Å². The van der Waals surface area contributed by atoms with Crippen LogP contribution >= 0.6 is 0 Å². The molecule has 1 aliphatic rings. The zero-order chi connectivity index (χ0) is 30.5. The summed E-state index contributed by atoms with van der Waals surface area (Å²) in [5.41, 5.74) is 8.95. The highest BCUT2D eigenvalue weighted by atomic mass is 16.5. The molecule has 0 atom stereocenters. The summed E-state index contributed by atoms with van der Waals surface area (Å²) in [4.78, 5) is 0. The average Bonchev–Trinajstić information content (AvgIpc) is 3.14. The van der Waals surface area contributed by atoms with Gasteiger partial charge in [-0.25, -0.2) is 0 Å². The van der Waals surface area contributed by atoms with Crippen molar-refractivity contribution in [2.24, 2.45) is 0 Å². The zero-order valence-corrected chi connectivity index (χ0v) is 25.2. The lowest BCUT2D eigenvalue weighted by atomic mass is 9.63. The van der Waals surface area contributed by atoms with Gasteiger partial charge in [0.2, 0.25) is 0 Å². The van der Waals surface area contributed by atoms with Gasteiger partial charge in [0.15, 0.2) is 0 Å². The molecule has 0 N–H and O–H groups in total. The van der Waals surface area contributed by atoms with E-state index in [1.54, 1.807) is 0 Å². The first-order valence-corrected chi connectivity index (χ1v) is 15.9. The molecule has 0 spiro atoms. The van der Waals surface area contributed by atoms with Crippen LogP contribution in [0.5, 0.6) is 11.5 Å². The van der Waals surface area contributed by atoms with Gasteiger partial charge in [0.05, 0.1) is 5.41 Å². The highest BCUT2D eigenvalue weighted by Gasteiger charge is 2.45. The summed E-state index contributed by atoms with van der Waals surface area (Å²) in [5, 5.41) is 5.00. The molecule has 8 aromatic carbocycles. The molecule has 0 amide bonds. The van der Waals surface area contributed by atoms with Crippen molar-refractivity contribution < 1.29 is 4.74 Å². The quantitative estimate of drug-likeness (QED) is 0.186. The van der Waals surface area contributed by atoms with Crippen LogP contribution in [0.4, 0.5) is 0 Å². The van der Waals surface area contributed by atoms with Crippen LogP contribution in [-0.2, 0) is 5.41 Å². The Bertz CT molecular complexity index is 2330. The third-order valence-corrected chi connectivity index (χ3v) is 9.59. The molecule has 216 valence electrons. The van der Waals surface area contributed by atoms with E-state index in [0.29, 0.717) is 0 Å². The summed E-state index contributed by atoms with van der Waals surface area (Å²) in [6.45, 7) is 0. The van der Waals surface area contributed by atoms with Crippen molar-refractivity contribution >= 4 is 21.5 Å². The van der Waals surface area contributed by atoms with Crippen LogP contribution in [-0.4, -0.2) is 0 Å². The molecule has 1 aliphatic heterocycles. The lowest BCUT2D eigenvalue weighted by Crippen LogP contribution is -2.34. The third kappa shape index (κ3) is 3.95. The van der Waals surface area contributed by atoms with Gasteiger partial charge >= 0.3 is 0 Å². The fourth-order valence-electron chi connectivity index (χ4n) is 7.63. The first-order chi connectivity index (χ1) is 22.8. The molecule has 0 saturated carbocycles. The second-order valence-electron chi connectivity index (χ2n) is 12.0. The molecule has 0 saturated heterocycles. The van der Waals surface area contributed by atoms with Gasteiger partial charge in [-0.15, -0.1) is 0 Å². The Morgan fingerprint density at radius 1 is 0.370 bits per heavy atom. The van der Waals surface area contributed by atoms with Crippen molar-refractivity contribution in [1.29, 1.82) is 0 Å². The Hall–Kier alpha value is -5.92. The summed E-state index contributed by atoms with van der Waals surface area (Å²) in [6, 6.07) is 65.5. The van der Waals surface area contributed by atoms with Crippen molar-refractivity contribution in [2.75, 3.05) is 0 Å². The van der Waals surface area contributed by atoms with E-state index < -0.39 is 5.41 Å². The number of fused-ring (bicyclic) bond motifs is 5. The molecule has 0 aliphatic carbocycles. The maximum atomic E-state index is 6.84. The number of benzene rings is 8. The fourth-order valence-corrected chi connectivity index (χ4v) is 7.63. The maximum absolute atomic E-state index is 6.84. The van der Waals surface area contributed by atoms with Crippen molar-refractivity contribution in [3.8, 4) is 33.8 Å². The van der Waals surface area contributed by atoms with E-state index >= 15 is 0 Å². The summed E-state index contributed by atoms with van der Waals surface area (Å²) < 4.78 is 6.84. The molecule has 8 aromatic rings. The van der Waals surface area contributed by atoms with E-state index in [-0.39, 0.29) is 0 Å². The van der Waals surface area contributed by atoms with Crippen LogP contribution in [0.2, 0.25) is 0 Å². The third-order valence-electron chi connectivity index (χ3n) is 9.59. The monoisotopic (exact) mass is 586 g/mol. The number of para-hydroxylation sites is 1. The van der Waals surface area contributed by atoms with Crippen LogP contribution in [0.25, 0.3) is 43.8 Å². The van der Waals surface area contributed by atoms with Gasteiger partial charge in [-0.1, -0.05) is 164 Å². The normalized spacial score (nSPS) is 13.1. The van der Waals surface area contributed by atoms with Crippen molar-refractivity contribution in [3.05, 3.63) is 204 Å². The van der Waals surface area contributed by atoms with Gasteiger partial charge in [-0.2, -0.15) is 0 Å². The van der Waals surface area contributed by atoms with Crippen LogP contribution in [0.15, 0.2) is 182 Å². The second-order valence-corrected chi connectivity index (χ2v) is 12.0. The highest BCUT2D eigenvalue weighted by Crippen LogP contribution is 2.56. The van der Waals surface area contributed by atoms with Crippen LogP contribution in [0, 0.1) is 0 Å². The van der Waals surface area contributed by atoms with E-state index in [1.165, 1.54) is 49.4 Å². The first kappa shape index (κ1) is 26.5. The minimum atomic E-state index is -0.532. The minimum absolute atomic E-state index is 0.532. The molecule has 0 aromatic heterocycles. The van der Waals surface area contributed by atoms with Gasteiger partial charge < -0.3 is 4.74 Å². The van der Waals surface area contributed by atoms with E-state index in [9.17, 15) is 0 Å². The van der Waals surface area contributed by atoms with Gasteiger partial charge in [-0.3, -0.25) is 0 Å². The molecule has 0 bridgehead atoms. The summed E-state index contributed by atoms with van der Waals surface area (Å²) in [7, 11) is 0. The molecule has 1 heteroatoms. The summed E-state index contributed by atoms with van der Waals surface area (Å²) in [5.74, 6) is 1.76. The summed E-state index contributed by atoms with van der Waals surface area (Å²) >= 11 is 0. The predicted octanol–water partition coefficient (Wildman–Crippen LogP) is 11.8. The lowest BCUT2D eigenvalue weighted by molar-refractivity contribution is 0.435. The predicted molar refractivity (Wildman–Crippen MR) is 191 cm³/mol. The summed E-state index contributed by atoms with van der Waals surface area (Å²) in [6.07, 6.45) is 0. The first-order valence-electron chi connectivity index (χ1n) is 15.9. The SMILES string of the molecule is c1ccc(-c2cc3ccccc3c3cccc(-c4ccc5c(c4)Oc4ccccc4C5(c4ccccc4)c4ccccc4)c23)cc1. The zero-order valence-electron chi connectivity index (χ0n) is 25.2. The Balaban J connectivity index is 1.34. The molecule has 0 radical (unpaired) electrons. The number of ether oxygens (including phenoxy) is 1. The molecule has 9 rings (SSSR count). The second kappa shape index (κ2) is 10.6. The van der Waals surface area contributed by atoms with Crippen LogP contribution < -0.4 is 4.74 Å². The van der Waals surface area contributed by atoms with E-state index in [0.717, 1.165) is 28.2 Å². The van der Waals surface area contributed by atoms with Gasteiger partial charge in [0.25, 0.3) is 0 Å². The Morgan fingerprint density at radius 3 is 1.74 bits per heavy atom. The highest BCUT2D eigenvalue weighted by molar-refractivity contribution is 6.18. The maximum Gasteiger partial charge on any atom is 0.132 e. The Kier molecular flexibility index (Phi) is 6.11. The molecule has 0 unspecified atom stereocenters. The lowest BCUT2D eigenvalue weighted by Gasteiger charge is -2.41. The Morgan fingerprint density at radius 2 is 0.978 bits per heavy atom. The van der Waals surface area contributed by atoms with Crippen LogP contribution in [0.1, 0.15) is 22.3 Å². The largest absolute Gasteiger partial charge is 0.457 e. The van der Waals surface area contributed by atoms with E-state index in [4.69, 9.17) is 4.74 Å². The van der Waals surface area contributed by atoms with Crippen molar-refractivity contribution in [3.63, 3.8) is 0 Å². The molecule has 0 fully saturated rings. The van der Waals surface area contributed by atoms with Crippen molar-refractivity contribution in [2.45, 2.75) is 5.41 Å². The van der Waals surface area contributed by atoms with Gasteiger partial charge in [0.1, 0.15) is 11.5 Å². The molecular weight excluding hydrogens is 556 g/mol. The minimum Gasteiger partial charge on any atom is -0.457 e. The van der Waals surface area contributed by atoms with Crippen molar-refractivity contribution in [1.82, 2.24) is 0 Å². The molecule has 1 nitrogen and oxygen atoms in total. The van der Waals surface area contributed by atoms with Gasteiger partial charge in [-0.05, 0) is 73.1 Å². The molecule has 46 heavy (non-hydrogen) atoms. The number of rotatable bonds is 4.